The van der Waals surface area contributed by atoms with Crippen LogP contribution in [0.1, 0.15) is 79.1 Å². The number of benzene rings is 3. The summed E-state index contributed by atoms with van der Waals surface area (Å²) in [6.07, 6.45) is 10.4. The molecule has 0 amide bonds. The number of carbonyl (C=O) groups excluding carboxylic acids is 2. The Kier molecular flexibility index (Phi) is 21.5. The maximum absolute atomic E-state index is 11.7. The topological polar surface area (TPSA) is 176 Å². The number of hydrogen-bond acceptors (Lipinski definition) is 14. The Morgan fingerprint density at radius 3 is 1.67 bits per heavy atom. The summed E-state index contributed by atoms with van der Waals surface area (Å²) in [4.78, 5) is 36.1. The zero-order valence-corrected chi connectivity index (χ0v) is 35.7. The number of unbranched alkanes of at least 4 members (excludes halogenated alkanes) is 2. The van der Waals surface area contributed by atoms with Gasteiger partial charge in [0.05, 0.1) is 44.0 Å². The molecule has 3 aromatic carbocycles. The van der Waals surface area contributed by atoms with E-state index < -0.39 is 16.9 Å². The van der Waals surface area contributed by atoms with Crippen LogP contribution in [0, 0.1) is 22.0 Å². The van der Waals surface area contributed by atoms with Crippen LogP contribution in [0.25, 0.3) is 0 Å². The number of nitro benzene ring substituents is 1. The largest absolute Gasteiger partial charge is 0.494 e. The molecule has 60 heavy (non-hydrogen) atoms. The van der Waals surface area contributed by atoms with E-state index in [0.717, 1.165) is 63.5 Å². The Bertz CT molecular complexity index is 1870. The number of non-ortho nitro benzene ring substituents is 1. The summed E-state index contributed by atoms with van der Waals surface area (Å²) in [7, 11) is 1.52. The third-order valence-electron chi connectivity index (χ3n) is 9.75. The first kappa shape index (κ1) is 48.3. The van der Waals surface area contributed by atoms with Gasteiger partial charge in [0.2, 0.25) is 0 Å². The molecule has 0 fully saturated rings. The minimum absolute atomic E-state index is 0.0451. The molecule has 15 nitrogen and oxygen atoms in total. The second kappa shape index (κ2) is 26.8. The number of anilines is 1. The average Bonchev–Trinajstić information content (AvgIpc) is 3.27. The zero-order valence-electron chi connectivity index (χ0n) is 35.7. The highest BCUT2D eigenvalue weighted by Crippen LogP contribution is 2.43. The van der Waals surface area contributed by atoms with Gasteiger partial charge in [0.15, 0.2) is 0 Å². The van der Waals surface area contributed by atoms with E-state index in [9.17, 15) is 19.7 Å². The minimum Gasteiger partial charge on any atom is -0.494 e. The molecule has 0 radical (unpaired) electrons. The van der Waals surface area contributed by atoms with E-state index in [-0.39, 0.29) is 18.9 Å². The number of esters is 2. The van der Waals surface area contributed by atoms with Crippen LogP contribution >= 0.6 is 0 Å². The summed E-state index contributed by atoms with van der Waals surface area (Å²) in [6.45, 7) is 17.1. The van der Waals surface area contributed by atoms with Crippen LogP contribution in [-0.4, -0.2) is 63.5 Å². The first-order valence-electron chi connectivity index (χ1n) is 20.6. The monoisotopic (exact) mass is 828 g/mol. The summed E-state index contributed by atoms with van der Waals surface area (Å²) in [5.41, 5.74) is 2.33. The van der Waals surface area contributed by atoms with Gasteiger partial charge in [-0.1, -0.05) is 79.4 Å². The van der Waals surface area contributed by atoms with E-state index in [1.54, 1.807) is 24.3 Å². The fourth-order valence-electron chi connectivity index (χ4n) is 5.94. The molecule has 0 saturated carbocycles. The lowest BCUT2D eigenvalue weighted by molar-refractivity contribution is -0.384. The molecule has 0 bridgehead atoms. The van der Waals surface area contributed by atoms with E-state index in [1.165, 1.54) is 31.4 Å². The Morgan fingerprint density at radius 2 is 1.22 bits per heavy atom. The van der Waals surface area contributed by atoms with Gasteiger partial charge in [-0.25, -0.2) is 9.59 Å². The number of methoxy groups -OCH3 is 1. The van der Waals surface area contributed by atoms with Crippen molar-refractivity contribution in [2.45, 2.75) is 79.1 Å². The molecular formula is C45H60N6O9. The van der Waals surface area contributed by atoms with Crippen molar-refractivity contribution in [2.24, 2.45) is 32.3 Å². The van der Waals surface area contributed by atoms with Gasteiger partial charge in [0.1, 0.15) is 47.5 Å². The SMILES string of the molecule is C=CC(=O)OCCN(CCOC(=O)C=C)c1ccc(N=Nc2cc(OCC(CC)CCCC)c(N=Nc3ccc([N+](=O)[O-])cc3)cc2OCC(CC)CCCC)c(OC)c1. The number of nitrogens with zero attached hydrogens (tertiary/aromatic N) is 6. The van der Waals surface area contributed by atoms with Crippen LogP contribution < -0.4 is 19.1 Å². The fourth-order valence-corrected chi connectivity index (χ4v) is 5.94. The molecule has 0 aromatic heterocycles. The minimum atomic E-state index is -0.549. The zero-order chi connectivity index (χ0) is 43.7. The van der Waals surface area contributed by atoms with Gasteiger partial charge < -0.3 is 28.6 Å². The molecular weight excluding hydrogens is 769 g/mol. The molecule has 3 aromatic rings. The molecule has 0 heterocycles. The van der Waals surface area contributed by atoms with Crippen molar-refractivity contribution in [3.8, 4) is 17.2 Å². The molecule has 0 aliphatic heterocycles. The average molecular weight is 829 g/mol. The first-order chi connectivity index (χ1) is 29.1. The molecule has 2 unspecified atom stereocenters. The molecule has 0 saturated heterocycles. The summed E-state index contributed by atoms with van der Waals surface area (Å²) >= 11 is 0. The number of ether oxygens (including phenoxy) is 5. The maximum atomic E-state index is 11.7. The van der Waals surface area contributed by atoms with Crippen molar-refractivity contribution in [3.05, 3.63) is 90.0 Å². The second-order valence-electron chi connectivity index (χ2n) is 14.0. The van der Waals surface area contributed by atoms with Crippen LogP contribution in [0.15, 0.2) is 100 Å². The summed E-state index contributed by atoms with van der Waals surface area (Å²) < 4.78 is 29.1. The van der Waals surface area contributed by atoms with Gasteiger partial charge in [-0.2, -0.15) is 5.11 Å². The summed E-state index contributed by atoms with van der Waals surface area (Å²) in [6, 6.07) is 14.7. The van der Waals surface area contributed by atoms with Crippen molar-refractivity contribution in [3.63, 3.8) is 0 Å². The highest BCUT2D eigenvalue weighted by Gasteiger charge is 2.18. The van der Waals surface area contributed by atoms with Crippen LogP contribution in [0.3, 0.4) is 0 Å². The third-order valence-corrected chi connectivity index (χ3v) is 9.75. The standard InChI is InChI=1S/C45H60N6O9/c1-8-14-16-33(10-3)31-59-42-30-40(43(60-32-34(11-4)17-15-9-2)29-39(42)48-46-35-18-20-36(21-19-35)51(54)55)49-47-38-23-22-37(28-41(38)56-7)50(24-26-57-44(52)12-5)25-27-58-45(53)13-6/h12-13,18-23,28-30,33-34H,5-6,8-11,14-17,24-27,31-32H2,1-4,7H3. The number of rotatable bonds is 29. The second-order valence-corrected chi connectivity index (χ2v) is 14.0. The van der Waals surface area contributed by atoms with Crippen molar-refractivity contribution in [1.29, 1.82) is 0 Å². The number of azo groups is 2. The quantitative estimate of drug-likeness (QED) is 0.0215. The van der Waals surface area contributed by atoms with Crippen molar-refractivity contribution < 1.29 is 38.2 Å². The van der Waals surface area contributed by atoms with Crippen molar-refractivity contribution in [2.75, 3.05) is 51.5 Å². The lowest BCUT2D eigenvalue weighted by Crippen LogP contribution is -2.32. The first-order valence-corrected chi connectivity index (χ1v) is 20.6. The summed E-state index contributed by atoms with van der Waals surface area (Å²) in [5, 5.41) is 29.5. The van der Waals surface area contributed by atoms with E-state index >= 15 is 0 Å². The molecule has 0 aliphatic carbocycles. The molecule has 0 N–H and O–H groups in total. The van der Waals surface area contributed by atoms with Crippen molar-refractivity contribution >= 4 is 46.1 Å². The smallest absolute Gasteiger partial charge is 0.330 e. The Balaban J connectivity index is 2.09. The number of carbonyl (C=O) groups is 2. The number of nitro groups is 1. The van der Waals surface area contributed by atoms with Gasteiger partial charge in [0, 0.05) is 48.2 Å². The van der Waals surface area contributed by atoms with Crippen LogP contribution in [-0.2, 0) is 19.1 Å². The van der Waals surface area contributed by atoms with Gasteiger partial charge in [-0.3, -0.25) is 10.1 Å². The van der Waals surface area contributed by atoms with Gasteiger partial charge in [0.25, 0.3) is 5.69 Å². The van der Waals surface area contributed by atoms with Gasteiger partial charge >= 0.3 is 11.9 Å². The highest BCUT2D eigenvalue weighted by atomic mass is 16.6. The molecule has 324 valence electrons. The van der Waals surface area contributed by atoms with Crippen LogP contribution in [0.5, 0.6) is 17.2 Å². The predicted octanol–water partition coefficient (Wildman–Crippen LogP) is 11.9. The maximum Gasteiger partial charge on any atom is 0.330 e. The molecule has 0 aliphatic rings. The molecule has 2 atom stereocenters. The highest BCUT2D eigenvalue weighted by molar-refractivity contribution is 5.81. The van der Waals surface area contributed by atoms with E-state index in [2.05, 4.69) is 61.3 Å². The fraction of sp³-hybridized carbons (Fsp3) is 0.467. The molecule has 0 spiro atoms. The Morgan fingerprint density at radius 1 is 0.717 bits per heavy atom. The van der Waals surface area contributed by atoms with Crippen LogP contribution in [0.4, 0.5) is 34.1 Å². The Labute approximate surface area is 353 Å². The van der Waals surface area contributed by atoms with Crippen LogP contribution in [0.2, 0.25) is 0 Å². The van der Waals surface area contributed by atoms with E-state index in [4.69, 9.17) is 23.7 Å². The molecule has 3 rings (SSSR count). The number of hydrogen-bond donors (Lipinski definition) is 0. The normalized spacial score (nSPS) is 12.2. The van der Waals surface area contributed by atoms with E-state index in [1.807, 2.05) is 11.0 Å². The van der Waals surface area contributed by atoms with E-state index in [0.29, 0.717) is 83.8 Å². The third kappa shape index (κ3) is 16.3. The van der Waals surface area contributed by atoms with Gasteiger partial charge in [-0.05, 0) is 48.9 Å². The molecule has 15 heteroatoms. The van der Waals surface area contributed by atoms with Crippen molar-refractivity contribution in [1.82, 2.24) is 0 Å². The predicted molar refractivity (Wildman–Crippen MR) is 233 cm³/mol. The summed E-state index contributed by atoms with van der Waals surface area (Å²) in [5.74, 6) is 0.810. The Hall–Kier alpha value is -6.12. The van der Waals surface area contributed by atoms with Gasteiger partial charge in [-0.15, -0.1) is 15.3 Å². The lowest BCUT2D eigenvalue weighted by atomic mass is 10.0. The lowest BCUT2D eigenvalue weighted by Gasteiger charge is -2.25.